The van der Waals surface area contributed by atoms with Crippen molar-refractivity contribution >= 4 is 17.6 Å². The van der Waals surface area contributed by atoms with Crippen molar-refractivity contribution < 1.29 is 15.0 Å². The number of carboxylic acids is 1. The van der Waals surface area contributed by atoms with Gasteiger partial charge >= 0.3 is 5.97 Å². The van der Waals surface area contributed by atoms with E-state index in [9.17, 15) is 9.90 Å². The van der Waals surface area contributed by atoms with Crippen molar-refractivity contribution in [3.8, 4) is 5.75 Å². The Morgan fingerprint density at radius 2 is 2.20 bits per heavy atom. The summed E-state index contributed by atoms with van der Waals surface area (Å²) in [6.07, 6.45) is 0. The summed E-state index contributed by atoms with van der Waals surface area (Å²) < 4.78 is 0. The molecule has 1 rings (SSSR count). The zero-order chi connectivity index (χ0) is 11.4. The smallest absolute Gasteiger partial charge is 0.317 e. The Morgan fingerprint density at radius 3 is 2.73 bits per heavy atom. The lowest BCUT2D eigenvalue weighted by Gasteiger charge is -2.14. The number of aromatic hydroxyl groups is 1. The van der Waals surface area contributed by atoms with Crippen molar-refractivity contribution in [2.24, 2.45) is 0 Å². The molecule has 0 aliphatic rings. The molecule has 0 amide bonds. The largest absolute Gasteiger partial charge is 0.506 e. The van der Waals surface area contributed by atoms with E-state index in [1.54, 1.807) is 24.1 Å². The number of carbonyl (C=O) groups is 1. The Labute approximate surface area is 92.7 Å². The van der Waals surface area contributed by atoms with Crippen LogP contribution in [0.15, 0.2) is 18.2 Å². The Balaban J connectivity index is 2.64. The zero-order valence-corrected chi connectivity index (χ0v) is 9.03. The van der Waals surface area contributed by atoms with Crippen molar-refractivity contribution in [2.45, 2.75) is 6.54 Å². The summed E-state index contributed by atoms with van der Waals surface area (Å²) in [5.41, 5.74) is 0.863. The van der Waals surface area contributed by atoms with Crippen molar-refractivity contribution in [1.82, 2.24) is 4.90 Å². The molecule has 0 aliphatic heterocycles. The van der Waals surface area contributed by atoms with E-state index in [-0.39, 0.29) is 17.3 Å². The summed E-state index contributed by atoms with van der Waals surface area (Å²) in [4.78, 5) is 12.1. The van der Waals surface area contributed by atoms with Gasteiger partial charge in [-0.3, -0.25) is 9.69 Å². The van der Waals surface area contributed by atoms with Crippen molar-refractivity contribution in [2.75, 3.05) is 13.6 Å². The predicted molar refractivity (Wildman–Crippen MR) is 57.1 cm³/mol. The van der Waals surface area contributed by atoms with Gasteiger partial charge in [0.15, 0.2) is 0 Å². The number of aliphatic carboxylic acids is 1. The van der Waals surface area contributed by atoms with Gasteiger partial charge in [0.05, 0.1) is 11.6 Å². The molecule has 1 aromatic rings. The lowest BCUT2D eigenvalue weighted by molar-refractivity contribution is -0.138. The second-order valence-electron chi connectivity index (χ2n) is 3.35. The van der Waals surface area contributed by atoms with Crippen LogP contribution < -0.4 is 0 Å². The monoisotopic (exact) mass is 229 g/mol. The maximum atomic E-state index is 10.4. The van der Waals surface area contributed by atoms with Crippen LogP contribution in [-0.4, -0.2) is 34.7 Å². The Kier molecular flexibility index (Phi) is 3.94. The van der Waals surface area contributed by atoms with Crippen molar-refractivity contribution in [1.29, 1.82) is 0 Å². The van der Waals surface area contributed by atoms with Crippen LogP contribution in [0.3, 0.4) is 0 Å². The number of nitrogens with zero attached hydrogens (tertiary/aromatic N) is 1. The van der Waals surface area contributed by atoms with E-state index >= 15 is 0 Å². The second-order valence-corrected chi connectivity index (χ2v) is 3.76. The Hall–Kier alpha value is -1.26. The van der Waals surface area contributed by atoms with Gasteiger partial charge in [-0.05, 0) is 24.7 Å². The number of benzene rings is 1. The number of hydrogen-bond acceptors (Lipinski definition) is 3. The number of rotatable bonds is 4. The van der Waals surface area contributed by atoms with Gasteiger partial charge in [-0.1, -0.05) is 17.7 Å². The lowest BCUT2D eigenvalue weighted by Crippen LogP contribution is -2.25. The van der Waals surface area contributed by atoms with Gasteiger partial charge < -0.3 is 10.2 Å². The highest BCUT2D eigenvalue weighted by Crippen LogP contribution is 2.23. The minimum Gasteiger partial charge on any atom is -0.506 e. The van der Waals surface area contributed by atoms with Gasteiger partial charge in [0.1, 0.15) is 5.75 Å². The van der Waals surface area contributed by atoms with Gasteiger partial charge in [-0.25, -0.2) is 0 Å². The maximum Gasteiger partial charge on any atom is 0.317 e. The van der Waals surface area contributed by atoms with Crippen LogP contribution in [0.25, 0.3) is 0 Å². The molecule has 0 radical (unpaired) electrons. The molecule has 0 spiro atoms. The first kappa shape index (κ1) is 11.8. The maximum absolute atomic E-state index is 10.4. The molecular weight excluding hydrogens is 218 g/mol. The number of likely N-dealkylation sites (N-methyl/N-ethyl adjacent to an activating group) is 1. The molecule has 1 aromatic carbocycles. The van der Waals surface area contributed by atoms with Gasteiger partial charge in [0, 0.05) is 6.54 Å². The summed E-state index contributed by atoms with van der Waals surface area (Å²) in [5.74, 6) is -0.844. The topological polar surface area (TPSA) is 60.8 Å². The molecular formula is C10H12ClNO3. The van der Waals surface area contributed by atoms with Crippen LogP contribution in [0.4, 0.5) is 0 Å². The molecule has 0 heterocycles. The average Bonchev–Trinajstić information content (AvgIpc) is 2.10. The minimum absolute atomic E-state index is 0.0290. The first-order chi connectivity index (χ1) is 6.99. The fourth-order valence-electron chi connectivity index (χ4n) is 1.25. The molecule has 0 bridgehead atoms. The van der Waals surface area contributed by atoms with E-state index in [0.29, 0.717) is 6.54 Å². The highest BCUT2D eigenvalue weighted by molar-refractivity contribution is 6.32. The minimum atomic E-state index is -0.873. The summed E-state index contributed by atoms with van der Waals surface area (Å²) >= 11 is 5.72. The first-order valence-electron chi connectivity index (χ1n) is 4.37. The van der Waals surface area contributed by atoms with Gasteiger partial charge in [-0.2, -0.15) is 0 Å². The highest BCUT2D eigenvalue weighted by atomic mass is 35.5. The van der Waals surface area contributed by atoms with Crippen molar-refractivity contribution in [3.05, 3.63) is 28.8 Å². The third-order valence-electron chi connectivity index (χ3n) is 1.87. The first-order valence-corrected chi connectivity index (χ1v) is 4.74. The lowest BCUT2D eigenvalue weighted by atomic mass is 10.2. The van der Waals surface area contributed by atoms with Crippen LogP contribution >= 0.6 is 11.6 Å². The van der Waals surface area contributed by atoms with E-state index in [2.05, 4.69) is 0 Å². The molecule has 0 fully saturated rings. The summed E-state index contributed by atoms with van der Waals surface area (Å²) in [7, 11) is 1.70. The predicted octanol–water partition coefficient (Wildman–Crippen LogP) is 1.56. The number of halogens is 1. The normalized spacial score (nSPS) is 10.6. The molecule has 0 saturated heterocycles. The molecule has 0 aliphatic carbocycles. The molecule has 82 valence electrons. The summed E-state index contributed by atoms with van der Waals surface area (Å²) in [6.45, 7) is 0.449. The quantitative estimate of drug-likeness (QED) is 0.823. The Morgan fingerprint density at radius 1 is 1.53 bits per heavy atom. The van der Waals surface area contributed by atoms with E-state index in [0.717, 1.165) is 5.56 Å². The van der Waals surface area contributed by atoms with E-state index < -0.39 is 5.97 Å². The third-order valence-corrected chi connectivity index (χ3v) is 2.17. The highest BCUT2D eigenvalue weighted by Gasteiger charge is 2.06. The van der Waals surface area contributed by atoms with Crippen LogP contribution in [0.2, 0.25) is 5.02 Å². The number of phenolic OH excluding ortho intramolecular Hbond substituents is 1. The van der Waals surface area contributed by atoms with E-state index in [4.69, 9.17) is 16.7 Å². The van der Waals surface area contributed by atoms with E-state index in [1.807, 2.05) is 0 Å². The molecule has 0 atom stereocenters. The molecule has 15 heavy (non-hydrogen) atoms. The van der Waals surface area contributed by atoms with Gasteiger partial charge in [-0.15, -0.1) is 0 Å². The number of phenols is 1. The molecule has 0 saturated carbocycles. The van der Waals surface area contributed by atoms with Gasteiger partial charge in [0.25, 0.3) is 0 Å². The van der Waals surface area contributed by atoms with Crippen molar-refractivity contribution in [3.63, 3.8) is 0 Å². The second kappa shape index (κ2) is 5.00. The molecule has 2 N–H and O–H groups in total. The standard InChI is InChI=1S/C10H12ClNO3/c1-12(6-10(14)15)5-7-2-3-9(13)8(11)4-7/h2-4,13H,5-6H2,1H3,(H,14,15). The van der Waals surface area contributed by atoms with Gasteiger partial charge in [0.2, 0.25) is 0 Å². The number of hydrogen-bond donors (Lipinski definition) is 2. The Bertz CT molecular complexity index is 368. The number of carboxylic acid groups (broad SMARTS) is 1. The third kappa shape index (κ3) is 3.77. The van der Waals surface area contributed by atoms with E-state index in [1.165, 1.54) is 6.07 Å². The molecule has 4 nitrogen and oxygen atoms in total. The van der Waals surface area contributed by atoms with Crippen LogP contribution in [0.1, 0.15) is 5.56 Å². The average molecular weight is 230 g/mol. The van der Waals surface area contributed by atoms with Crippen LogP contribution in [0, 0.1) is 0 Å². The summed E-state index contributed by atoms with van der Waals surface area (Å²) in [6, 6.07) is 4.82. The molecule has 5 heteroatoms. The molecule has 0 aromatic heterocycles. The molecule has 0 unspecified atom stereocenters. The van der Waals surface area contributed by atoms with Crippen LogP contribution in [-0.2, 0) is 11.3 Å². The van der Waals surface area contributed by atoms with Crippen LogP contribution in [0.5, 0.6) is 5.75 Å². The zero-order valence-electron chi connectivity index (χ0n) is 8.27. The fourth-order valence-corrected chi connectivity index (χ4v) is 1.45. The SMILES string of the molecule is CN(CC(=O)O)Cc1ccc(O)c(Cl)c1. The summed E-state index contributed by atoms with van der Waals surface area (Å²) in [5, 5.41) is 18.0. The fraction of sp³-hybridized carbons (Fsp3) is 0.300.